The molecule has 1 amide bonds. The van der Waals surface area contributed by atoms with Crippen LogP contribution in [-0.4, -0.2) is 58.2 Å². The number of nitrogens with zero attached hydrogens (tertiary/aromatic N) is 4. The number of amides is 1. The number of fused-ring (bicyclic) bond motifs is 1. The molecule has 5 rings (SSSR count). The van der Waals surface area contributed by atoms with Crippen molar-refractivity contribution < 1.29 is 4.79 Å². The lowest BCUT2D eigenvalue weighted by Crippen LogP contribution is -2.49. The van der Waals surface area contributed by atoms with Gasteiger partial charge < -0.3 is 4.90 Å². The van der Waals surface area contributed by atoms with Crippen LogP contribution in [0, 0.1) is 6.92 Å². The molecule has 0 spiro atoms. The maximum Gasteiger partial charge on any atom is 0.274 e. The summed E-state index contributed by atoms with van der Waals surface area (Å²) in [5, 5.41) is 6.95. The molecule has 1 aromatic carbocycles. The number of piperazine rings is 1. The van der Waals surface area contributed by atoms with Crippen LogP contribution >= 0.6 is 11.3 Å². The molecule has 0 unspecified atom stereocenters. The third-order valence-electron chi connectivity index (χ3n) is 6.33. The second-order valence-corrected chi connectivity index (χ2v) is 9.37. The lowest BCUT2D eigenvalue weighted by Gasteiger charge is -2.34. The summed E-state index contributed by atoms with van der Waals surface area (Å²) in [6, 6.07) is 12.7. The average Bonchev–Trinajstić information content (AvgIpc) is 3.51. The molecule has 5 nitrogen and oxygen atoms in total. The lowest BCUT2D eigenvalue weighted by molar-refractivity contribution is 0.0631. The molecule has 2 aliphatic rings. The van der Waals surface area contributed by atoms with Crippen molar-refractivity contribution in [3.63, 3.8) is 0 Å². The smallest absolute Gasteiger partial charge is 0.274 e. The molecule has 156 valence electrons. The molecule has 0 N–H and O–H groups in total. The molecule has 0 saturated carbocycles. The van der Waals surface area contributed by atoms with Crippen LogP contribution < -0.4 is 0 Å². The zero-order valence-corrected chi connectivity index (χ0v) is 18.3. The summed E-state index contributed by atoms with van der Waals surface area (Å²) in [7, 11) is 0. The maximum atomic E-state index is 13.3. The molecule has 0 bridgehead atoms. The number of hydrogen-bond acceptors (Lipinski definition) is 4. The number of aryl methyl sites for hydroxylation is 1. The number of hydrogen-bond donors (Lipinski definition) is 0. The lowest BCUT2D eigenvalue weighted by atomic mass is 10.1. The predicted molar refractivity (Wildman–Crippen MR) is 121 cm³/mol. The van der Waals surface area contributed by atoms with Crippen molar-refractivity contribution in [1.29, 1.82) is 0 Å². The topological polar surface area (TPSA) is 41.4 Å². The molecule has 0 atom stereocenters. The van der Waals surface area contributed by atoms with Crippen molar-refractivity contribution in [3.05, 3.63) is 69.2 Å². The van der Waals surface area contributed by atoms with Crippen LogP contribution in [0.3, 0.4) is 0 Å². The molecular weight excluding hydrogens is 392 g/mol. The van der Waals surface area contributed by atoms with Gasteiger partial charge in [-0.1, -0.05) is 23.8 Å². The van der Waals surface area contributed by atoms with E-state index in [1.54, 1.807) is 0 Å². The van der Waals surface area contributed by atoms with Crippen LogP contribution in [-0.2, 0) is 19.3 Å². The fourth-order valence-corrected chi connectivity index (χ4v) is 5.25. The normalized spacial score (nSPS) is 16.8. The largest absolute Gasteiger partial charge is 0.335 e. The molecular formula is C24H28N4OS. The number of carbonyl (C=O) groups excluding carboxylic acids is 1. The first kappa shape index (κ1) is 19.5. The Morgan fingerprint density at radius 3 is 2.60 bits per heavy atom. The van der Waals surface area contributed by atoms with Crippen LogP contribution in [0.15, 0.2) is 41.8 Å². The Balaban J connectivity index is 1.28. The van der Waals surface area contributed by atoms with Gasteiger partial charge in [-0.15, -0.1) is 11.3 Å². The van der Waals surface area contributed by atoms with Crippen LogP contribution in [0.5, 0.6) is 0 Å². The molecule has 6 heteroatoms. The van der Waals surface area contributed by atoms with Crippen LogP contribution in [0.4, 0.5) is 0 Å². The second kappa shape index (κ2) is 8.36. The van der Waals surface area contributed by atoms with E-state index in [1.165, 1.54) is 21.7 Å². The highest BCUT2D eigenvalue weighted by Crippen LogP contribution is 2.29. The van der Waals surface area contributed by atoms with Crippen LogP contribution in [0.2, 0.25) is 0 Å². The Morgan fingerprint density at radius 2 is 1.87 bits per heavy atom. The zero-order valence-electron chi connectivity index (χ0n) is 17.5. The highest BCUT2D eigenvalue weighted by Gasteiger charge is 2.31. The first-order valence-electron chi connectivity index (χ1n) is 10.9. The summed E-state index contributed by atoms with van der Waals surface area (Å²) >= 11 is 1.82. The van der Waals surface area contributed by atoms with E-state index in [1.807, 2.05) is 20.9 Å². The van der Waals surface area contributed by atoms with E-state index in [4.69, 9.17) is 5.10 Å². The maximum absolute atomic E-state index is 13.3. The third-order valence-corrected chi connectivity index (χ3v) is 7.26. The third kappa shape index (κ3) is 3.82. The molecule has 2 aromatic heterocycles. The Morgan fingerprint density at radius 1 is 1.07 bits per heavy atom. The van der Waals surface area contributed by atoms with E-state index in [9.17, 15) is 4.79 Å². The Kier molecular flexibility index (Phi) is 5.44. The molecule has 3 heterocycles. The van der Waals surface area contributed by atoms with Crippen molar-refractivity contribution in [2.75, 3.05) is 32.7 Å². The molecule has 1 aliphatic heterocycles. The van der Waals surface area contributed by atoms with E-state index in [2.05, 4.69) is 53.6 Å². The number of thiophene rings is 1. The molecule has 0 radical (unpaired) electrons. The van der Waals surface area contributed by atoms with Crippen molar-refractivity contribution in [2.24, 2.45) is 0 Å². The van der Waals surface area contributed by atoms with Crippen molar-refractivity contribution >= 4 is 17.2 Å². The van der Waals surface area contributed by atoms with Crippen LogP contribution in [0.25, 0.3) is 5.69 Å². The summed E-state index contributed by atoms with van der Waals surface area (Å²) in [6.45, 7) is 6.62. The minimum atomic E-state index is 0.108. The van der Waals surface area contributed by atoms with Gasteiger partial charge in [0.25, 0.3) is 5.91 Å². The monoisotopic (exact) mass is 420 g/mol. The summed E-state index contributed by atoms with van der Waals surface area (Å²) in [6.07, 6.45) is 4.17. The van der Waals surface area contributed by atoms with E-state index in [-0.39, 0.29) is 5.91 Å². The fourth-order valence-electron chi connectivity index (χ4n) is 4.56. The molecule has 3 aromatic rings. The fraction of sp³-hybridized carbons (Fsp3) is 0.417. The molecule has 1 fully saturated rings. The van der Waals surface area contributed by atoms with Gasteiger partial charge in [0.1, 0.15) is 0 Å². The first-order chi connectivity index (χ1) is 14.7. The summed E-state index contributed by atoms with van der Waals surface area (Å²) < 4.78 is 2.01. The summed E-state index contributed by atoms with van der Waals surface area (Å²) in [5.41, 5.74) is 5.35. The van der Waals surface area contributed by atoms with Gasteiger partial charge in [0.2, 0.25) is 0 Å². The first-order valence-corrected chi connectivity index (χ1v) is 11.8. The second-order valence-electron chi connectivity index (χ2n) is 8.34. The van der Waals surface area contributed by atoms with Gasteiger partial charge in [-0.05, 0) is 56.2 Å². The number of carbonyl (C=O) groups is 1. The summed E-state index contributed by atoms with van der Waals surface area (Å²) in [4.78, 5) is 19.3. The Hall–Kier alpha value is -2.44. The van der Waals surface area contributed by atoms with Gasteiger partial charge in [-0.2, -0.15) is 5.10 Å². The van der Waals surface area contributed by atoms with Gasteiger partial charge in [0.05, 0.1) is 5.69 Å². The SMILES string of the molecule is Cc1ccc(-n2nc(C(=O)N3CCN(CCc4cccs4)CC3)c3c2CCC3)cc1. The number of benzene rings is 1. The predicted octanol–water partition coefficient (Wildman–Crippen LogP) is 3.73. The van der Waals surface area contributed by atoms with E-state index >= 15 is 0 Å². The number of aromatic nitrogens is 2. The van der Waals surface area contributed by atoms with Gasteiger partial charge in [-0.3, -0.25) is 9.69 Å². The standard InChI is InChI=1S/C24H28N4OS/c1-18-7-9-19(10-8-18)28-22-6-2-5-21(22)23(25-28)24(29)27-15-13-26(14-16-27)12-11-20-4-3-17-30-20/h3-4,7-10,17H,2,5-6,11-16H2,1H3. The van der Waals surface area contributed by atoms with Crippen molar-refractivity contribution in [1.82, 2.24) is 19.6 Å². The highest BCUT2D eigenvalue weighted by molar-refractivity contribution is 7.09. The van der Waals surface area contributed by atoms with Gasteiger partial charge in [0, 0.05) is 48.9 Å². The van der Waals surface area contributed by atoms with E-state index in [0.717, 1.165) is 64.1 Å². The van der Waals surface area contributed by atoms with Gasteiger partial charge in [0.15, 0.2) is 5.69 Å². The van der Waals surface area contributed by atoms with Crippen LogP contribution in [0.1, 0.15) is 38.6 Å². The highest BCUT2D eigenvalue weighted by atomic mass is 32.1. The summed E-state index contributed by atoms with van der Waals surface area (Å²) in [5.74, 6) is 0.108. The zero-order chi connectivity index (χ0) is 20.5. The van der Waals surface area contributed by atoms with Crippen molar-refractivity contribution in [3.8, 4) is 5.69 Å². The van der Waals surface area contributed by atoms with Gasteiger partial charge >= 0.3 is 0 Å². The average molecular weight is 421 g/mol. The Bertz CT molecular complexity index is 1010. The minimum Gasteiger partial charge on any atom is -0.335 e. The van der Waals surface area contributed by atoms with Crippen molar-refractivity contribution in [2.45, 2.75) is 32.6 Å². The van der Waals surface area contributed by atoms with E-state index in [0.29, 0.717) is 5.69 Å². The number of rotatable bonds is 5. The Labute approximate surface area is 181 Å². The van der Waals surface area contributed by atoms with E-state index < -0.39 is 0 Å². The molecule has 1 saturated heterocycles. The molecule has 30 heavy (non-hydrogen) atoms. The quantitative estimate of drug-likeness (QED) is 0.632. The molecule has 1 aliphatic carbocycles. The van der Waals surface area contributed by atoms with Gasteiger partial charge in [-0.25, -0.2) is 4.68 Å². The minimum absolute atomic E-state index is 0.108.